The van der Waals surface area contributed by atoms with E-state index in [1.54, 1.807) is 24.3 Å². The summed E-state index contributed by atoms with van der Waals surface area (Å²) in [6, 6.07) is 6.92. The van der Waals surface area contributed by atoms with Gasteiger partial charge in [-0.25, -0.2) is 4.79 Å². The van der Waals surface area contributed by atoms with Crippen LogP contribution in [0.15, 0.2) is 24.3 Å². The smallest absolute Gasteiger partial charge is 0.329 e. The van der Waals surface area contributed by atoms with Gasteiger partial charge in [-0.1, -0.05) is 19.1 Å². The molecule has 102 valence electrons. The molecule has 1 aliphatic heterocycles. The Hall–Kier alpha value is -2.04. The summed E-state index contributed by atoms with van der Waals surface area (Å²) in [6.45, 7) is 2.49. The van der Waals surface area contributed by atoms with Crippen LogP contribution < -0.4 is 10.6 Å². The van der Waals surface area contributed by atoms with Crippen LogP contribution in [0.3, 0.4) is 0 Å². The molecule has 1 saturated heterocycles. The van der Waals surface area contributed by atoms with Gasteiger partial charge in [0, 0.05) is 6.54 Å². The third-order valence-electron chi connectivity index (χ3n) is 3.93. The van der Waals surface area contributed by atoms with Crippen LogP contribution >= 0.6 is 0 Å². The van der Waals surface area contributed by atoms with E-state index in [-0.39, 0.29) is 0 Å². The molecule has 19 heavy (non-hydrogen) atoms. The fraction of sp³-hybridized carbons (Fsp3) is 0.429. The molecular weight excluding hydrogens is 244 g/mol. The van der Waals surface area contributed by atoms with Crippen LogP contribution in [0.25, 0.3) is 0 Å². The number of carboxylic acid groups (broad SMARTS) is 1. The molecule has 5 heteroatoms. The molecule has 0 aliphatic carbocycles. The Morgan fingerprint density at radius 3 is 2.68 bits per heavy atom. The van der Waals surface area contributed by atoms with E-state index < -0.39 is 17.4 Å². The Bertz CT molecular complexity index is 515. The second-order valence-corrected chi connectivity index (χ2v) is 4.83. The first-order valence-electron chi connectivity index (χ1n) is 6.43. The van der Waals surface area contributed by atoms with Gasteiger partial charge in [-0.05, 0) is 31.4 Å². The molecule has 1 heterocycles. The van der Waals surface area contributed by atoms with Crippen molar-refractivity contribution in [2.45, 2.75) is 31.7 Å². The fourth-order valence-corrected chi connectivity index (χ4v) is 2.89. The monoisotopic (exact) mass is 262 g/mol. The van der Waals surface area contributed by atoms with Crippen LogP contribution in [0.5, 0.6) is 0 Å². The number of carboxylic acids is 1. The zero-order valence-corrected chi connectivity index (χ0v) is 10.9. The SMILES string of the molecule is CCC1(C(=O)O)CCCN1c1ccccc1C(N)=O. The Morgan fingerprint density at radius 1 is 1.42 bits per heavy atom. The lowest BCUT2D eigenvalue weighted by atomic mass is 9.92. The van der Waals surface area contributed by atoms with Crippen LogP contribution in [0.1, 0.15) is 36.5 Å². The molecule has 0 radical (unpaired) electrons. The van der Waals surface area contributed by atoms with Gasteiger partial charge >= 0.3 is 5.97 Å². The number of carbonyl (C=O) groups excluding carboxylic acids is 1. The molecule has 2 rings (SSSR count). The number of anilines is 1. The number of primary amides is 1. The van der Waals surface area contributed by atoms with E-state index in [2.05, 4.69) is 0 Å². The summed E-state index contributed by atoms with van der Waals surface area (Å²) in [5.74, 6) is -1.37. The predicted molar refractivity (Wildman–Crippen MR) is 72.2 cm³/mol. The van der Waals surface area contributed by atoms with Crippen molar-refractivity contribution in [1.82, 2.24) is 0 Å². The highest BCUT2D eigenvalue weighted by Gasteiger charge is 2.47. The summed E-state index contributed by atoms with van der Waals surface area (Å²) in [5.41, 5.74) is 5.45. The summed E-state index contributed by atoms with van der Waals surface area (Å²) in [5, 5.41) is 9.57. The molecule has 3 N–H and O–H groups in total. The van der Waals surface area contributed by atoms with E-state index in [0.29, 0.717) is 30.6 Å². The molecule has 1 aromatic rings. The quantitative estimate of drug-likeness (QED) is 0.863. The van der Waals surface area contributed by atoms with Crippen LogP contribution in [-0.2, 0) is 4.79 Å². The van der Waals surface area contributed by atoms with Crippen molar-refractivity contribution in [2.75, 3.05) is 11.4 Å². The summed E-state index contributed by atoms with van der Waals surface area (Å²) >= 11 is 0. The Balaban J connectivity index is 2.52. The lowest BCUT2D eigenvalue weighted by Crippen LogP contribution is -2.50. The van der Waals surface area contributed by atoms with Crippen molar-refractivity contribution in [3.05, 3.63) is 29.8 Å². The van der Waals surface area contributed by atoms with E-state index in [1.807, 2.05) is 11.8 Å². The highest BCUT2D eigenvalue weighted by atomic mass is 16.4. The second kappa shape index (κ2) is 4.91. The van der Waals surface area contributed by atoms with Gasteiger partial charge in [0.1, 0.15) is 5.54 Å². The Labute approximate surface area is 112 Å². The van der Waals surface area contributed by atoms with E-state index in [1.165, 1.54) is 0 Å². The normalized spacial score (nSPS) is 22.5. The predicted octanol–water partition coefficient (Wildman–Crippen LogP) is 1.62. The summed E-state index contributed by atoms with van der Waals surface area (Å²) in [4.78, 5) is 25.0. The highest BCUT2D eigenvalue weighted by molar-refractivity contribution is 6.00. The van der Waals surface area contributed by atoms with Crippen molar-refractivity contribution >= 4 is 17.6 Å². The largest absolute Gasteiger partial charge is 0.479 e. The summed E-state index contributed by atoms with van der Waals surface area (Å²) in [6.07, 6.45) is 1.88. The highest BCUT2D eigenvalue weighted by Crippen LogP contribution is 2.38. The van der Waals surface area contributed by atoms with Crippen molar-refractivity contribution in [2.24, 2.45) is 5.73 Å². The molecule has 1 amide bonds. The van der Waals surface area contributed by atoms with Gasteiger partial charge in [0.15, 0.2) is 0 Å². The number of nitrogens with zero attached hydrogens (tertiary/aromatic N) is 1. The van der Waals surface area contributed by atoms with Crippen LogP contribution in [0.2, 0.25) is 0 Å². The Morgan fingerprint density at radius 2 is 2.11 bits per heavy atom. The van der Waals surface area contributed by atoms with E-state index in [0.717, 1.165) is 6.42 Å². The van der Waals surface area contributed by atoms with E-state index in [4.69, 9.17) is 5.73 Å². The molecular formula is C14H18N2O3. The molecule has 0 bridgehead atoms. The lowest BCUT2D eigenvalue weighted by molar-refractivity contribution is -0.143. The number of hydrogen-bond acceptors (Lipinski definition) is 3. The number of para-hydroxylation sites is 1. The summed E-state index contributed by atoms with van der Waals surface area (Å²) < 4.78 is 0. The zero-order chi connectivity index (χ0) is 14.0. The van der Waals surface area contributed by atoms with Gasteiger partial charge in [-0.15, -0.1) is 0 Å². The van der Waals surface area contributed by atoms with Gasteiger partial charge in [0.2, 0.25) is 0 Å². The van der Waals surface area contributed by atoms with Gasteiger partial charge in [-0.2, -0.15) is 0 Å². The number of benzene rings is 1. The maximum Gasteiger partial charge on any atom is 0.329 e. The molecule has 1 atom stereocenters. The molecule has 1 unspecified atom stereocenters. The number of hydrogen-bond donors (Lipinski definition) is 2. The van der Waals surface area contributed by atoms with Crippen molar-refractivity contribution in [3.8, 4) is 0 Å². The van der Waals surface area contributed by atoms with Crippen LogP contribution in [-0.4, -0.2) is 29.1 Å². The molecule has 1 aromatic carbocycles. The molecule has 0 saturated carbocycles. The van der Waals surface area contributed by atoms with E-state index >= 15 is 0 Å². The number of amides is 1. The minimum atomic E-state index is -0.925. The third-order valence-corrected chi connectivity index (χ3v) is 3.93. The first kappa shape index (κ1) is 13.4. The minimum Gasteiger partial charge on any atom is -0.479 e. The third kappa shape index (κ3) is 2.05. The summed E-state index contributed by atoms with van der Waals surface area (Å²) in [7, 11) is 0. The lowest BCUT2D eigenvalue weighted by Gasteiger charge is -2.36. The van der Waals surface area contributed by atoms with Crippen molar-refractivity contribution in [3.63, 3.8) is 0 Å². The average molecular weight is 262 g/mol. The zero-order valence-electron chi connectivity index (χ0n) is 10.9. The average Bonchev–Trinajstić information content (AvgIpc) is 2.83. The number of aliphatic carboxylic acids is 1. The standard InChI is InChI=1S/C14H18N2O3/c1-2-14(13(18)19)8-5-9-16(14)11-7-4-3-6-10(11)12(15)17/h3-4,6-7H,2,5,8-9H2,1H3,(H2,15,17)(H,18,19). The molecule has 1 fully saturated rings. The maximum atomic E-state index is 11.7. The Kier molecular flexibility index (Phi) is 3.46. The number of nitrogens with two attached hydrogens (primary N) is 1. The van der Waals surface area contributed by atoms with Gasteiger partial charge in [0.25, 0.3) is 5.91 Å². The van der Waals surface area contributed by atoms with Gasteiger partial charge in [0.05, 0.1) is 11.3 Å². The number of carbonyl (C=O) groups is 2. The fourth-order valence-electron chi connectivity index (χ4n) is 2.89. The molecule has 1 aliphatic rings. The van der Waals surface area contributed by atoms with Crippen molar-refractivity contribution < 1.29 is 14.7 Å². The molecule has 0 spiro atoms. The van der Waals surface area contributed by atoms with Gasteiger partial charge in [-0.3, -0.25) is 4.79 Å². The van der Waals surface area contributed by atoms with E-state index in [9.17, 15) is 14.7 Å². The van der Waals surface area contributed by atoms with Crippen LogP contribution in [0.4, 0.5) is 5.69 Å². The topological polar surface area (TPSA) is 83.6 Å². The van der Waals surface area contributed by atoms with Crippen LogP contribution in [0, 0.1) is 0 Å². The van der Waals surface area contributed by atoms with Gasteiger partial charge < -0.3 is 15.7 Å². The van der Waals surface area contributed by atoms with Crippen molar-refractivity contribution in [1.29, 1.82) is 0 Å². The molecule has 5 nitrogen and oxygen atoms in total. The minimum absolute atomic E-state index is 0.378. The number of rotatable bonds is 4. The second-order valence-electron chi connectivity index (χ2n) is 4.83. The molecule has 0 aromatic heterocycles. The first-order valence-corrected chi connectivity index (χ1v) is 6.43. The maximum absolute atomic E-state index is 11.7. The first-order chi connectivity index (χ1) is 9.03.